The maximum atomic E-state index is 11.5. The summed E-state index contributed by atoms with van der Waals surface area (Å²) in [6.07, 6.45) is 3.04. The molecule has 0 atom stereocenters. The number of anilines is 1. The third-order valence-electron chi connectivity index (χ3n) is 2.86. The highest BCUT2D eigenvalue weighted by molar-refractivity contribution is 6.40. The van der Waals surface area contributed by atoms with Gasteiger partial charge < -0.3 is 5.11 Å². The number of rotatable bonds is 3. The van der Waals surface area contributed by atoms with Gasteiger partial charge in [0.05, 0.1) is 11.3 Å². The normalized spacial score (nSPS) is 17.8. The molecule has 0 saturated heterocycles. The van der Waals surface area contributed by atoms with Crippen LogP contribution >= 0.6 is 0 Å². The van der Waals surface area contributed by atoms with Crippen molar-refractivity contribution in [2.75, 3.05) is 5.43 Å². The van der Waals surface area contributed by atoms with Gasteiger partial charge in [0.1, 0.15) is 5.71 Å². The molecule has 2 N–H and O–H groups in total. The van der Waals surface area contributed by atoms with Crippen molar-refractivity contribution in [1.82, 2.24) is 0 Å². The van der Waals surface area contributed by atoms with E-state index in [2.05, 4.69) is 10.5 Å². The summed E-state index contributed by atoms with van der Waals surface area (Å²) in [5, 5.41) is 13.0. The number of benzene rings is 1. The average molecular weight is 246 g/mol. The van der Waals surface area contributed by atoms with E-state index < -0.39 is 5.97 Å². The summed E-state index contributed by atoms with van der Waals surface area (Å²) in [6.45, 7) is 0. The number of nitrogens with one attached hydrogen (secondary N) is 1. The molecule has 1 saturated carbocycles. The summed E-state index contributed by atoms with van der Waals surface area (Å²) in [7, 11) is 0. The molecule has 0 amide bonds. The van der Waals surface area contributed by atoms with Gasteiger partial charge in [-0.15, -0.1) is 0 Å². The minimum atomic E-state index is -1.02. The summed E-state index contributed by atoms with van der Waals surface area (Å²) in [5.74, 6) is -0.977. The number of carboxylic acid groups (broad SMARTS) is 1. The number of aromatic carboxylic acids is 1. The van der Waals surface area contributed by atoms with Gasteiger partial charge >= 0.3 is 5.97 Å². The molecule has 0 unspecified atom stereocenters. The van der Waals surface area contributed by atoms with Crippen LogP contribution in [0.4, 0.5) is 5.69 Å². The summed E-state index contributed by atoms with van der Waals surface area (Å²) in [6, 6.07) is 6.49. The highest BCUT2D eigenvalue weighted by Gasteiger charge is 2.17. The van der Waals surface area contributed by atoms with Crippen LogP contribution < -0.4 is 5.43 Å². The van der Waals surface area contributed by atoms with Crippen molar-refractivity contribution >= 4 is 23.2 Å². The molecule has 2 rings (SSSR count). The van der Waals surface area contributed by atoms with E-state index in [1.165, 1.54) is 6.07 Å². The number of hydrazone groups is 1. The van der Waals surface area contributed by atoms with Crippen LogP contribution in [0, 0.1) is 0 Å². The van der Waals surface area contributed by atoms with E-state index in [0.29, 0.717) is 24.2 Å². The quantitative estimate of drug-likeness (QED) is 0.802. The molecular weight excluding hydrogens is 232 g/mol. The Hall–Kier alpha value is -2.17. The van der Waals surface area contributed by atoms with Crippen molar-refractivity contribution in [2.24, 2.45) is 5.10 Å². The van der Waals surface area contributed by atoms with Gasteiger partial charge in [-0.3, -0.25) is 10.2 Å². The molecule has 18 heavy (non-hydrogen) atoms. The molecule has 5 nitrogen and oxygen atoms in total. The Morgan fingerprint density at radius 1 is 1.22 bits per heavy atom. The lowest BCUT2D eigenvalue weighted by molar-refractivity contribution is -0.113. The van der Waals surface area contributed by atoms with Gasteiger partial charge in [-0.05, 0) is 31.4 Å². The van der Waals surface area contributed by atoms with Crippen LogP contribution in [0.25, 0.3) is 0 Å². The number of hydrogen-bond acceptors (Lipinski definition) is 4. The van der Waals surface area contributed by atoms with Crippen molar-refractivity contribution in [3.8, 4) is 0 Å². The first-order valence-electron chi connectivity index (χ1n) is 5.86. The lowest BCUT2D eigenvalue weighted by Crippen LogP contribution is -2.20. The molecule has 0 aromatic heterocycles. The van der Waals surface area contributed by atoms with Crippen molar-refractivity contribution in [2.45, 2.75) is 25.7 Å². The highest BCUT2D eigenvalue weighted by atomic mass is 16.4. The van der Waals surface area contributed by atoms with Crippen LogP contribution in [0.3, 0.4) is 0 Å². The van der Waals surface area contributed by atoms with E-state index in [-0.39, 0.29) is 11.3 Å². The number of para-hydroxylation sites is 1. The fourth-order valence-electron chi connectivity index (χ4n) is 1.87. The Morgan fingerprint density at radius 3 is 2.67 bits per heavy atom. The Balaban J connectivity index is 2.17. The van der Waals surface area contributed by atoms with Gasteiger partial charge in [-0.25, -0.2) is 4.79 Å². The minimum Gasteiger partial charge on any atom is -0.478 e. The molecule has 0 bridgehead atoms. The SMILES string of the molecule is O=C1CCCC/C1=N\Nc1ccccc1C(=O)O. The second-order valence-electron chi connectivity index (χ2n) is 4.15. The number of ketones is 1. The topological polar surface area (TPSA) is 78.8 Å². The first-order chi connectivity index (χ1) is 8.68. The van der Waals surface area contributed by atoms with E-state index in [1.807, 2.05) is 0 Å². The van der Waals surface area contributed by atoms with E-state index >= 15 is 0 Å². The van der Waals surface area contributed by atoms with E-state index in [0.717, 1.165) is 12.8 Å². The summed E-state index contributed by atoms with van der Waals surface area (Å²) < 4.78 is 0. The van der Waals surface area contributed by atoms with Crippen LogP contribution in [-0.2, 0) is 4.79 Å². The molecular formula is C13H14N2O3. The van der Waals surface area contributed by atoms with Crippen LogP contribution in [0.15, 0.2) is 29.4 Å². The zero-order chi connectivity index (χ0) is 13.0. The number of carboxylic acids is 1. The lowest BCUT2D eigenvalue weighted by atomic mass is 9.97. The fourth-order valence-corrected chi connectivity index (χ4v) is 1.87. The van der Waals surface area contributed by atoms with Crippen LogP contribution in [0.1, 0.15) is 36.0 Å². The summed E-state index contributed by atoms with van der Waals surface area (Å²) in [4.78, 5) is 22.5. The van der Waals surface area contributed by atoms with E-state index in [9.17, 15) is 9.59 Å². The van der Waals surface area contributed by atoms with Crippen molar-refractivity contribution in [1.29, 1.82) is 0 Å². The summed E-state index contributed by atoms with van der Waals surface area (Å²) >= 11 is 0. The van der Waals surface area contributed by atoms with Gasteiger partial charge in [0, 0.05) is 6.42 Å². The predicted molar refractivity (Wildman–Crippen MR) is 67.9 cm³/mol. The third-order valence-corrected chi connectivity index (χ3v) is 2.86. The smallest absolute Gasteiger partial charge is 0.337 e. The fraction of sp³-hybridized carbons (Fsp3) is 0.308. The van der Waals surface area contributed by atoms with Gasteiger partial charge in [-0.1, -0.05) is 12.1 Å². The van der Waals surface area contributed by atoms with E-state index in [1.54, 1.807) is 18.2 Å². The highest BCUT2D eigenvalue weighted by Crippen LogP contribution is 2.16. The van der Waals surface area contributed by atoms with Crippen LogP contribution in [-0.4, -0.2) is 22.6 Å². The molecule has 0 heterocycles. The van der Waals surface area contributed by atoms with E-state index in [4.69, 9.17) is 5.11 Å². The molecule has 1 aromatic carbocycles. The molecule has 5 heteroatoms. The Morgan fingerprint density at radius 2 is 1.94 bits per heavy atom. The minimum absolute atomic E-state index is 0.0431. The largest absolute Gasteiger partial charge is 0.478 e. The first kappa shape index (κ1) is 12.3. The Kier molecular flexibility index (Phi) is 3.72. The maximum absolute atomic E-state index is 11.5. The van der Waals surface area contributed by atoms with Gasteiger partial charge in [0.25, 0.3) is 0 Å². The molecule has 0 aliphatic heterocycles. The Labute approximate surface area is 105 Å². The number of carbonyl (C=O) groups is 2. The molecule has 94 valence electrons. The number of Topliss-reactive ketones (excluding diaryl/α,β-unsaturated/α-hetero) is 1. The number of hydrogen-bond donors (Lipinski definition) is 2. The molecule has 1 aromatic rings. The number of carbonyl (C=O) groups excluding carboxylic acids is 1. The van der Waals surface area contributed by atoms with Crippen molar-refractivity contribution < 1.29 is 14.7 Å². The molecule has 1 aliphatic rings. The molecule has 1 aliphatic carbocycles. The zero-order valence-electron chi connectivity index (χ0n) is 9.85. The van der Waals surface area contributed by atoms with Crippen LogP contribution in [0.2, 0.25) is 0 Å². The molecule has 0 spiro atoms. The second kappa shape index (κ2) is 5.44. The van der Waals surface area contributed by atoms with Gasteiger partial charge in [-0.2, -0.15) is 5.10 Å². The van der Waals surface area contributed by atoms with Gasteiger partial charge in [0.2, 0.25) is 0 Å². The standard InChI is InChI=1S/C13H14N2O3/c16-12-8-4-3-7-11(12)15-14-10-6-2-1-5-9(10)13(17)18/h1-2,5-6,14H,3-4,7-8H2,(H,17,18)/b15-11+. The maximum Gasteiger partial charge on any atom is 0.337 e. The lowest BCUT2D eigenvalue weighted by Gasteiger charge is -2.12. The third kappa shape index (κ3) is 2.74. The zero-order valence-corrected chi connectivity index (χ0v) is 9.85. The Bertz CT molecular complexity index is 509. The van der Waals surface area contributed by atoms with Crippen molar-refractivity contribution in [3.63, 3.8) is 0 Å². The van der Waals surface area contributed by atoms with Gasteiger partial charge in [0.15, 0.2) is 5.78 Å². The number of nitrogens with zero attached hydrogens (tertiary/aromatic N) is 1. The predicted octanol–water partition coefficient (Wildman–Crippen LogP) is 2.30. The summed E-state index contributed by atoms with van der Waals surface area (Å²) in [5.41, 5.74) is 3.72. The second-order valence-corrected chi connectivity index (χ2v) is 4.15. The van der Waals surface area contributed by atoms with Crippen LogP contribution in [0.5, 0.6) is 0 Å². The molecule has 1 fully saturated rings. The first-order valence-corrected chi connectivity index (χ1v) is 5.86. The van der Waals surface area contributed by atoms with Crippen molar-refractivity contribution in [3.05, 3.63) is 29.8 Å². The molecule has 0 radical (unpaired) electrons. The average Bonchev–Trinajstić information content (AvgIpc) is 2.38. The monoisotopic (exact) mass is 246 g/mol.